The standard InChI is InChI=1S/C17H28N2O2/c1-13(2)19-8-5-6-17(20,7-9-19)15-10-16(12-18-11-15)21-14(3)4/h10-14,20H,5-9H2,1-4H3. The second-order valence-electron chi connectivity index (χ2n) is 6.59. The molecule has 1 aromatic heterocycles. The molecule has 0 bridgehead atoms. The zero-order chi connectivity index (χ0) is 15.5. The summed E-state index contributed by atoms with van der Waals surface area (Å²) in [6.45, 7) is 10.4. The molecule has 1 unspecified atom stereocenters. The predicted molar refractivity (Wildman–Crippen MR) is 84.5 cm³/mol. The second kappa shape index (κ2) is 6.75. The predicted octanol–water partition coefficient (Wildman–Crippen LogP) is 2.95. The Morgan fingerprint density at radius 2 is 1.95 bits per heavy atom. The molecular weight excluding hydrogens is 264 g/mol. The van der Waals surface area contributed by atoms with Gasteiger partial charge in [0.25, 0.3) is 0 Å². The number of aromatic nitrogens is 1. The molecule has 0 aliphatic carbocycles. The molecule has 1 fully saturated rings. The molecule has 2 heterocycles. The number of hydrogen-bond donors (Lipinski definition) is 1. The van der Waals surface area contributed by atoms with Crippen LogP contribution in [0.1, 0.15) is 52.5 Å². The Bertz CT molecular complexity index is 462. The van der Waals surface area contributed by atoms with E-state index in [1.54, 1.807) is 12.4 Å². The molecule has 4 nitrogen and oxygen atoms in total. The van der Waals surface area contributed by atoms with Gasteiger partial charge in [0.05, 0.1) is 17.9 Å². The van der Waals surface area contributed by atoms with E-state index in [0.29, 0.717) is 6.04 Å². The Morgan fingerprint density at radius 3 is 2.62 bits per heavy atom. The van der Waals surface area contributed by atoms with E-state index in [0.717, 1.165) is 43.7 Å². The third kappa shape index (κ3) is 4.17. The Morgan fingerprint density at radius 1 is 1.19 bits per heavy atom. The van der Waals surface area contributed by atoms with Crippen LogP contribution in [0.15, 0.2) is 18.5 Å². The molecule has 0 amide bonds. The van der Waals surface area contributed by atoms with Crippen molar-refractivity contribution in [2.75, 3.05) is 13.1 Å². The maximum absolute atomic E-state index is 11.1. The molecule has 1 saturated heterocycles. The van der Waals surface area contributed by atoms with Gasteiger partial charge < -0.3 is 14.7 Å². The van der Waals surface area contributed by atoms with E-state index in [2.05, 4.69) is 23.7 Å². The molecule has 0 spiro atoms. The normalized spacial score (nSPS) is 24.3. The van der Waals surface area contributed by atoms with Crippen LogP contribution in [0, 0.1) is 0 Å². The summed E-state index contributed by atoms with van der Waals surface area (Å²) in [4.78, 5) is 6.67. The highest BCUT2D eigenvalue weighted by Gasteiger charge is 2.33. The average Bonchev–Trinajstić information content (AvgIpc) is 2.61. The smallest absolute Gasteiger partial charge is 0.138 e. The molecule has 0 radical (unpaired) electrons. The summed E-state index contributed by atoms with van der Waals surface area (Å²) < 4.78 is 5.70. The Labute approximate surface area is 128 Å². The fraction of sp³-hybridized carbons (Fsp3) is 0.706. The van der Waals surface area contributed by atoms with Crippen LogP contribution in [0.3, 0.4) is 0 Å². The highest BCUT2D eigenvalue weighted by atomic mass is 16.5. The lowest BCUT2D eigenvalue weighted by atomic mass is 9.88. The second-order valence-corrected chi connectivity index (χ2v) is 6.59. The van der Waals surface area contributed by atoms with Gasteiger partial charge in [-0.15, -0.1) is 0 Å². The first-order chi connectivity index (χ1) is 9.90. The summed E-state index contributed by atoms with van der Waals surface area (Å²) in [5, 5.41) is 11.1. The molecule has 1 aliphatic heterocycles. The number of hydrogen-bond acceptors (Lipinski definition) is 4. The Balaban J connectivity index is 2.15. The van der Waals surface area contributed by atoms with Crippen LogP contribution in [0.2, 0.25) is 0 Å². The first kappa shape index (κ1) is 16.2. The molecular formula is C17H28N2O2. The molecule has 21 heavy (non-hydrogen) atoms. The zero-order valence-corrected chi connectivity index (χ0v) is 13.7. The fourth-order valence-electron chi connectivity index (χ4n) is 2.95. The Kier molecular flexibility index (Phi) is 5.22. The van der Waals surface area contributed by atoms with Gasteiger partial charge in [-0.2, -0.15) is 0 Å². The topological polar surface area (TPSA) is 45.6 Å². The lowest BCUT2D eigenvalue weighted by Gasteiger charge is -2.28. The van der Waals surface area contributed by atoms with Crippen molar-refractivity contribution in [2.45, 2.75) is 64.7 Å². The summed E-state index contributed by atoms with van der Waals surface area (Å²) in [7, 11) is 0. The van der Waals surface area contributed by atoms with Gasteiger partial charge >= 0.3 is 0 Å². The third-order valence-corrected chi connectivity index (χ3v) is 4.20. The monoisotopic (exact) mass is 292 g/mol. The minimum Gasteiger partial charge on any atom is -0.489 e. The van der Waals surface area contributed by atoms with Crippen molar-refractivity contribution in [3.8, 4) is 5.75 Å². The van der Waals surface area contributed by atoms with Gasteiger partial charge in [-0.1, -0.05) is 0 Å². The van der Waals surface area contributed by atoms with Gasteiger partial charge in [0.2, 0.25) is 0 Å². The number of pyridine rings is 1. The van der Waals surface area contributed by atoms with Gasteiger partial charge in [0.15, 0.2) is 0 Å². The fourth-order valence-corrected chi connectivity index (χ4v) is 2.95. The van der Waals surface area contributed by atoms with Crippen LogP contribution < -0.4 is 4.74 Å². The van der Waals surface area contributed by atoms with Crippen molar-refractivity contribution >= 4 is 0 Å². The number of nitrogens with zero attached hydrogens (tertiary/aromatic N) is 2. The minimum atomic E-state index is -0.785. The van der Waals surface area contributed by atoms with Gasteiger partial charge in [0, 0.05) is 24.3 Å². The molecule has 4 heteroatoms. The van der Waals surface area contributed by atoms with Crippen molar-refractivity contribution in [1.82, 2.24) is 9.88 Å². The number of aliphatic hydroxyl groups is 1. The van der Waals surface area contributed by atoms with Gasteiger partial charge in [-0.3, -0.25) is 4.98 Å². The SMILES string of the molecule is CC(C)Oc1cncc(C2(O)CCCN(C(C)C)CC2)c1. The molecule has 1 aliphatic rings. The summed E-state index contributed by atoms with van der Waals surface area (Å²) in [5.74, 6) is 0.737. The average molecular weight is 292 g/mol. The van der Waals surface area contributed by atoms with E-state index in [1.807, 2.05) is 19.9 Å². The number of likely N-dealkylation sites (tertiary alicyclic amines) is 1. The largest absolute Gasteiger partial charge is 0.489 e. The Hall–Kier alpha value is -1.13. The van der Waals surface area contributed by atoms with Crippen molar-refractivity contribution < 1.29 is 9.84 Å². The maximum Gasteiger partial charge on any atom is 0.138 e. The summed E-state index contributed by atoms with van der Waals surface area (Å²) >= 11 is 0. The van der Waals surface area contributed by atoms with E-state index in [9.17, 15) is 5.11 Å². The number of rotatable bonds is 4. The summed E-state index contributed by atoms with van der Waals surface area (Å²) in [6, 6.07) is 2.47. The molecule has 1 N–H and O–H groups in total. The number of ether oxygens (including phenoxy) is 1. The van der Waals surface area contributed by atoms with Crippen LogP contribution in [-0.4, -0.2) is 40.2 Å². The van der Waals surface area contributed by atoms with Crippen LogP contribution in [0.4, 0.5) is 0 Å². The van der Waals surface area contributed by atoms with E-state index >= 15 is 0 Å². The quantitative estimate of drug-likeness (QED) is 0.927. The first-order valence-corrected chi connectivity index (χ1v) is 7.99. The van der Waals surface area contributed by atoms with Gasteiger partial charge in [-0.25, -0.2) is 0 Å². The molecule has 1 aromatic rings. The highest BCUT2D eigenvalue weighted by molar-refractivity contribution is 5.28. The molecule has 2 rings (SSSR count). The van der Waals surface area contributed by atoms with Crippen LogP contribution >= 0.6 is 0 Å². The maximum atomic E-state index is 11.1. The van der Waals surface area contributed by atoms with E-state index in [-0.39, 0.29) is 6.10 Å². The van der Waals surface area contributed by atoms with E-state index in [4.69, 9.17) is 4.74 Å². The molecule has 118 valence electrons. The minimum absolute atomic E-state index is 0.113. The van der Waals surface area contributed by atoms with Crippen molar-refractivity contribution in [1.29, 1.82) is 0 Å². The lowest BCUT2D eigenvalue weighted by Crippen LogP contribution is -2.33. The van der Waals surface area contributed by atoms with Gasteiger partial charge in [0.1, 0.15) is 5.75 Å². The highest BCUT2D eigenvalue weighted by Crippen LogP contribution is 2.34. The van der Waals surface area contributed by atoms with Gasteiger partial charge in [-0.05, 0) is 59.6 Å². The molecule has 0 aromatic carbocycles. The lowest BCUT2D eigenvalue weighted by molar-refractivity contribution is 0.0197. The van der Waals surface area contributed by atoms with E-state index < -0.39 is 5.60 Å². The van der Waals surface area contributed by atoms with Crippen LogP contribution in [0.25, 0.3) is 0 Å². The van der Waals surface area contributed by atoms with Crippen molar-refractivity contribution in [2.24, 2.45) is 0 Å². The van der Waals surface area contributed by atoms with Crippen molar-refractivity contribution in [3.05, 3.63) is 24.0 Å². The van der Waals surface area contributed by atoms with E-state index in [1.165, 1.54) is 0 Å². The summed E-state index contributed by atoms with van der Waals surface area (Å²) in [6.07, 6.45) is 6.13. The first-order valence-electron chi connectivity index (χ1n) is 7.99. The molecule has 1 atom stereocenters. The summed E-state index contributed by atoms with van der Waals surface area (Å²) in [5.41, 5.74) is 0.0961. The third-order valence-electron chi connectivity index (χ3n) is 4.20. The molecule has 0 saturated carbocycles. The van der Waals surface area contributed by atoms with Crippen LogP contribution in [0.5, 0.6) is 5.75 Å². The van der Waals surface area contributed by atoms with Crippen molar-refractivity contribution in [3.63, 3.8) is 0 Å². The van der Waals surface area contributed by atoms with Crippen LogP contribution in [-0.2, 0) is 5.60 Å². The zero-order valence-electron chi connectivity index (χ0n) is 13.7.